The van der Waals surface area contributed by atoms with E-state index in [1.807, 2.05) is 0 Å². The molecule has 0 fully saturated rings. The van der Waals surface area contributed by atoms with E-state index in [1.165, 1.54) is 49.4 Å². The van der Waals surface area contributed by atoms with E-state index in [4.69, 9.17) is 25.5 Å². The fraction of sp³-hybridized carbons (Fsp3) is 0.136. The van der Waals surface area contributed by atoms with Gasteiger partial charge >= 0.3 is 17.3 Å². The number of rotatable bonds is 7. The number of nitro groups is 1. The molecule has 0 aliphatic rings. The van der Waals surface area contributed by atoms with Crippen molar-refractivity contribution >= 4 is 29.0 Å². The summed E-state index contributed by atoms with van der Waals surface area (Å²) < 4.78 is 15.5. The number of aryl methyl sites for hydroxylation is 2. The first-order valence-electron chi connectivity index (χ1n) is 9.19. The molecule has 2 aromatic carbocycles. The van der Waals surface area contributed by atoms with Gasteiger partial charge in [0.2, 0.25) is 5.75 Å². The largest absolute Gasteiger partial charge is 0.454 e. The molecule has 32 heavy (non-hydrogen) atoms. The zero-order chi connectivity index (χ0) is 23.4. The van der Waals surface area contributed by atoms with Gasteiger partial charge in [-0.05, 0) is 55.8 Å². The Morgan fingerprint density at radius 2 is 1.78 bits per heavy atom. The number of hydrogen-bond acceptors (Lipinski definition) is 8. The number of benzene rings is 2. The van der Waals surface area contributed by atoms with Crippen LogP contribution >= 0.6 is 11.6 Å². The molecular formula is C22H16ClNO8. The Morgan fingerprint density at radius 3 is 2.41 bits per heavy atom. The second-order valence-electron chi connectivity index (χ2n) is 6.67. The monoisotopic (exact) mass is 457 g/mol. The Bertz CT molecular complexity index is 1240. The van der Waals surface area contributed by atoms with Crippen molar-refractivity contribution in [3.63, 3.8) is 0 Å². The molecule has 1 aromatic heterocycles. The molecule has 0 saturated heterocycles. The third kappa shape index (κ3) is 5.19. The highest BCUT2D eigenvalue weighted by Gasteiger charge is 2.19. The lowest BCUT2D eigenvalue weighted by molar-refractivity contribution is -0.385. The van der Waals surface area contributed by atoms with E-state index in [1.54, 1.807) is 6.92 Å². The Balaban J connectivity index is 1.67. The van der Waals surface area contributed by atoms with Crippen molar-refractivity contribution in [3.8, 4) is 11.5 Å². The molecule has 0 N–H and O–H groups in total. The van der Waals surface area contributed by atoms with Gasteiger partial charge in [-0.3, -0.25) is 14.9 Å². The Hall–Kier alpha value is -3.98. The zero-order valence-corrected chi connectivity index (χ0v) is 17.7. The van der Waals surface area contributed by atoms with E-state index in [0.717, 1.165) is 6.07 Å². The number of carbonyl (C=O) groups is 2. The molecule has 0 amide bonds. The molecule has 0 aliphatic heterocycles. The highest BCUT2D eigenvalue weighted by atomic mass is 35.5. The van der Waals surface area contributed by atoms with Crippen LogP contribution < -0.4 is 10.4 Å². The topological polar surface area (TPSA) is 126 Å². The Labute approximate surface area is 186 Å². The molecule has 0 radical (unpaired) electrons. The summed E-state index contributed by atoms with van der Waals surface area (Å²) in [5.41, 5.74) is -0.172. The smallest absolute Gasteiger partial charge is 0.342 e. The molecule has 3 rings (SSSR count). The van der Waals surface area contributed by atoms with E-state index in [9.17, 15) is 24.5 Å². The van der Waals surface area contributed by atoms with Gasteiger partial charge in [0.15, 0.2) is 12.4 Å². The minimum absolute atomic E-state index is 0.00680. The van der Waals surface area contributed by atoms with Crippen molar-refractivity contribution < 1.29 is 28.4 Å². The molecule has 0 spiro atoms. The molecule has 0 aliphatic carbocycles. The predicted molar refractivity (Wildman–Crippen MR) is 114 cm³/mol. The number of Topliss-reactive ketones (excluding diaryl/α,β-unsaturated/α-hetero) is 1. The van der Waals surface area contributed by atoms with Gasteiger partial charge in [-0.1, -0.05) is 11.6 Å². The van der Waals surface area contributed by atoms with Crippen LogP contribution in [0.3, 0.4) is 0 Å². The lowest BCUT2D eigenvalue weighted by Crippen LogP contribution is -2.17. The van der Waals surface area contributed by atoms with E-state index < -0.39 is 28.9 Å². The lowest BCUT2D eigenvalue weighted by Gasteiger charge is -2.09. The molecule has 0 atom stereocenters. The van der Waals surface area contributed by atoms with Gasteiger partial charge in [0.25, 0.3) is 0 Å². The van der Waals surface area contributed by atoms with Crippen molar-refractivity contribution in [1.29, 1.82) is 0 Å². The van der Waals surface area contributed by atoms with Crippen molar-refractivity contribution in [3.05, 3.63) is 96.5 Å². The second kappa shape index (κ2) is 9.44. The van der Waals surface area contributed by atoms with Gasteiger partial charge < -0.3 is 13.9 Å². The minimum atomic E-state index is -0.785. The van der Waals surface area contributed by atoms with Gasteiger partial charge in [0.1, 0.15) is 17.1 Å². The molecule has 164 valence electrons. The normalized spacial score (nSPS) is 10.5. The first-order valence-corrected chi connectivity index (χ1v) is 9.57. The minimum Gasteiger partial charge on any atom is -0.454 e. The summed E-state index contributed by atoms with van der Waals surface area (Å²) in [7, 11) is 0. The molecule has 1 heterocycles. The quantitative estimate of drug-likeness (QED) is 0.217. The molecule has 9 nitrogen and oxygen atoms in total. The van der Waals surface area contributed by atoms with Crippen molar-refractivity contribution in [2.45, 2.75) is 13.8 Å². The van der Waals surface area contributed by atoms with Crippen molar-refractivity contribution in [1.82, 2.24) is 0 Å². The Kier molecular flexibility index (Phi) is 6.70. The number of nitro benzene ring substituents is 1. The summed E-state index contributed by atoms with van der Waals surface area (Å²) in [6.07, 6.45) is 0. The molecule has 3 aromatic rings. The third-order valence-corrected chi connectivity index (χ3v) is 4.63. The first-order chi connectivity index (χ1) is 15.2. The highest BCUT2D eigenvalue weighted by Crippen LogP contribution is 2.33. The summed E-state index contributed by atoms with van der Waals surface area (Å²) in [5, 5.41) is 11.4. The van der Waals surface area contributed by atoms with Crippen LogP contribution in [0.4, 0.5) is 5.69 Å². The van der Waals surface area contributed by atoms with Crippen molar-refractivity contribution in [2.75, 3.05) is 6.61 Å². The highest BCUT2D eigenvalue weighted by molar-refractivity contribution is 6.30. The number of nitrogens with zero attached hydrogens (tertiary/aromatic N) is 1. The van der Waals surface area contributed by atoms with Gasteiger partial charge in [-0.25, -0.2) is 9.59 Å². The maximum absolute atomic E-state index is 12.4. The van der Waals surface area contributed by atoms with E-state index >= 15 is 0 Å². The summed E-state index contributed by atoms with van der Waals surface area (Å²) >= 11 is 5.78. The Morgan fingerprint density at radius 1 is 1.09 bits per heavy atom. The molecular weight excluding hydrogens is 442 g/mol. The molecule has 0 bridgehead atoms. The summed E-state index contributed by atoms with van der Waals surface area (Å²) in [5.74, 6) is -0.908. The zero-order valence-electron chi connectivity index (χ0n) is 16.9. The number of carbonyl (C=O) groups excluding carboxylic acids is 2. The van der Waals surface area contributed by atoms with Crippen LogP contribution in [-0.2, 0) is 4.74 Å². The van der Waals surface area contributed by atoms with Crippen LogP contribution in [0.25, 0.3) is 0 Å². The summed E-state index contributed by atoms with van der Waals surface area (Å²) in [6.45, 7) is 2.49. The number of halogens is 1. The summed E-state index contributed by atoms with van der Waals surface area (Å²) in [6, 6.07) is 10.9. The number of esters is 1. The van der Waals surface area contributed by atoms with Gasteiger partial charge in [-0.2, -0.15) is 0 Å². The van der Waals surface area contributed by atoms with Crippen LogP contribution in [0.1, 0.15) is 32.0 Å². The average Bonchev–Trinajstić information content (AvgIpc) is 2.73. The SMILES string of the molecule is Cc1cc(=O)oc(C)c1C(=O)OCC(=O)c1ccc(Oc2ccc(Cl)cc2[N+](=O)[O-])cc1. The van der Waals surface area contributed by atoms with Crippen LogP contribution in [-0.4, -0.2) is 23.3 Å². The number of ketones is 1. The van der Waals surface area contributed by atoms with Gasteiger partial charge in [0, 0.05) is 22.7 Å². The van der Waals surface area contributed by atoms with E-state index in [2.05, 4.69) is 0 Å². The average molecular weight is 458 g/mol. The standard InChI is InChI=1S/C22H16ClNO8/c1-12-9-20(26)31-13(2)21(12)22(27)30-11-18(25)14-3-6-16(7-4-14)32-19-8-5-15(23)10-17(19)24(28)29/h3-10H,11H2,1-2H3. The lowest BCUT2D eigenvalue weighted by atomic mass is 10.1. The number of hydrogen-bond donors (Lipinski definition) is 0. The van der Waals surface area contributed by atoms with Crippen LogP contribution in [0, 0.1) is 24.0 Å². The molecule has 0 saturated carbocycles. The van der Waals surface area contributed by atoms with Crippen LogP contribution in [0.15, 0.2) is 57.7 Å². The fourth-order valence-corrected chi connectivity index (χ4v) is 3.07. The maximum Gasteiger partial charge on any atom is 0.342 e. The predicted octanol–water partition coefficient (Wildman–Crippen LogP) is 4.65. The molecule has 10 heteroatoms. The van der Waals surface area contributed by atoms with Crippen LogP contribution in [0.2, 0.25) is 5.02 Å². The van der Waals surface area contributed by atoms with Crippen molar-refractivity contribution in [2.24, 2.45) is 0 Å². The van der Waals surface area contributed by atoms with Gasteiger partial charge in [0.05, 0.1) is 4.92 Å². The van der Waals surface area contributed by atoms with E-state index in [0.29, 0.717) is 5.56 Å². The first kappa shape index (κ1) is 22.7. The molecule has 0 unspecified atom stereocenters. The third-order valence-electron chi connectivity index (χ3n) is 4.39. The second-order valence-corrected chi connectivity index (χ2v) is 7.11. The fourth-order valence-electron chi connectivity index (χ4n) is 2.90. The van der Waals surface area contributed by atoms with Crippen LogP contribution in [0.5, 0.6) is 11.5 Å². The number of ether oxygens (including phenoxy) is 2. The van der Waals surface area contributed by atoms with E-state index in [-0.39, 0.29) is 39.1 Å². The van der Waals surface area contributed by atoms with Gasteiger partial charge in [-0.15, -0.1) is 0 Å². The summed E-state index contributed by atoms with van der Waals surface area (Å²) in [4.78, 5) is 46.5. The maximum atomic E-state index is 12.4.